The molecule has 3 nitrogen and oxygen atoms in total. The molecular weight excluding hydrogens is 186 g/mol. The van der Waals surface area contributed by atoms with Crippen LogP contribution < -0.4 is 5.32 Å². The molecule has 0 spiro atoms. The van der Waals surface area contributed by atoms with E-state index in [4.69, 9.17) is 0 Å². The number of hydrogen-bond donors (Lipinski definition) is 1. The van der Waals surface area contributed by atoms with Crippen LogP contribution in [0.25, 0.3) is 5.69 Å². The Kier molecular flexibility index (Phi) is 2.46. The number of aryl methyl sites for hydroxylation is 2. The molecule has 0 bridgehead atoms. The average molecular weight is 201 g/mol. The van der Waals surface area contributed by atoms with Crippen LogP contribution in [0, 0.1) is 13.8 Å². The van der Waals surface area contributed by atoms with E-state index in [9.17, 15) is 0 Å². The fraction of sp³-hybridized carbons (Fsp3) is 0.250. The molecular formula is C12H15N3. The molecule has 0 aliphatic carbocycles. The maximum Gasteiger partial charge on any atom is 0.0995 e. The second kappa shape index (κ2) is 3.77. The Balaban J connectivity index is 2.45. The normalized spacial score (nSPS) is 10.3. The molecule has 0 saturated heterocycles. The van der Waals surface area contributed by atoms with Crippen LogP contribution in [-0.2, 0) is 0 Å². The van der Waals surface area contributed by atoms with Crippen molar-refractivity contribution in [3.8, 4) is 5.69 Å². The summed E-state index contributed by atoms with van der Waals surface area (Å²) >= 11 is 0. The second-order valence-corrected chi connectivity index (χ2v) is 3.67. The molecule has 15 heavy (non-hydrogen) atoms. The van der Waals surface area contributed by atoms with Crippen molar-refractivity contribution in [1.29, 1.82) is 0 Å². The van der Waals surface area contributed by atoms with Crippen molar-refractivity contribution in [2.45, 2.75) is 13.8 Å². The van der Waals surface area contributed by atoms with E-state index in [0.29, 0.717) is 0 Å². The molecule has 0 aliphatic rings. The Bertz CT molecular complexity index is 471. The molecule has 1 aromatic heterocycles. The first-order valence-electron chi connectivity index (χ1n) is 5.00. The van der Waals surface area contributed by atoms with Gasteiger partial charge < -0.3 is 9.88 Å². The summed E-state index contributed by atoms with van der Waals surface area (Å²) < 4.78 is 2.05. The van der Waals surface area contributed by atoms with Crippen LogP contribution in [0.3, 0.4) is 0 Å². The number of aromatic nitrogens is 2. The maximum atomic E-state index is 4.22. The van der Waals surface area contributed by atoms with Crippen LogP contribution >= 0.6 is 0 Å². The fourth-order valence-electron chi connectivity index (χ4n) is 1.65. The molecule has 1 heterocycles. The zero-order valence-corrected chi connectivity index (χ0v) is 9.28. The summed E-state index contributed by atoms with van der Waals surface area (Å²) in [4.78, 5) is 4.22. The molecule has 1 N–H and O–H groups in total. The molecule has 0 fully saturated rings. The fourth-order valence-corrected chi connectivity index (χ4v) is 1.65. The minimum atomic E-state index is 1.03. The zero-order chi connectivity index (χ0) is 10.8. The number of nitrogens with one attached hydrogen (secondary N) is 1. The van der Waals surface area contributed by atoms with Gasteiger partial charge in [0.15, 0.2) is 0 Å². The lowest BCUT2D eigenvalue weighted by Gasteiger charge is -2.08. The molecule has 0 amide bonds. The van der Waals surface area contributed by atoms with Gasteiger partial charge in [0.1, 0.15) is 0 Å². The van der Waals surface area contributed by atoms with Crippen LogP contribution in [0.5, 0.6) is 0 Å². The summed E-state index contributed by atoms with van der Waals surface area (Å²) in [5.74, 6) is 0. The van der Waals surface area contributed by atoms with Crippen LogP contribution in [0.1, 0.15) is 11.3 Å². The Morgan fingerprint density at radius 1 is 1.27 bits per heavy atom. The largest absolute Gasteiger partial charge is 0.388 e. The van der Waals surface area contributed by atoms with E-state index in [2.05, 4.69) is 35.4 Å². The summed E-state index contributed by atoms with van der Waals surface area (Å²) in [6.07, 6.45) is 3.87. The molecule has 78 valence electrons. The molecule has 0 unspecified atom stereocenters. The summed E-state index contributed by atoms with van der Waals surface area (Å²) in [5.41, 5.74) is 4.58. The second-order valence-electron chi connectivity index (χ2n) is 3.67. The van der Waals surface area contributed by atoms with Gasteiger partial charge in [0.05, 0.1) is 12.0 Å². The number of imidazole rings is 1. The standard InChI is InChI=1S/C12H15N3/c1-9-6-11(13-3)4-5-12(9)15-7-10(2)14-8-15/h4-8,13H,1-3H3. The summed E-state index contributed by atoms with van der Waals surface area (Å²) in [6.45, 7) is 4.10. The van der Waals surface area contributed by atoms with Crippen molar-refractivity contribution in [2.75, 3.05) is 12.4 Å². The maximum absolute atomic E-state index is 4.22. The summed E-state index contributed by atoms with van der Waals surface area (Å²) in [5, 5.41) is 3.13. The van der Waals surface area contributed by atoms with E-state index in [-0.39, 0.29) is 0 Å². The Morgan fingerprint density at radius 3 is 2.60 bits per heavy atom. The molecule has 0 aliphatic heterocycles. The monoisotopic (exact) mass is 201 g/mol. The van der Waals surface area contributed by atoms with E-state index in [0.717, 1.165) is 11.4 Å². The van der Waals surface area contributed by atoms with Crippen molar-refractivity contribution >= 4 is 5.69 Å². The lowest BCUT2D eigenvalue weighted by atomic mass is 10.2. The van der Waals surface area contributed by atoms with E-state index in [1.165, 1.54) is 11.3 Å². The highest BCUT2D eigenvalue weighted by Gasteiger charge is 2.02. The quantitative estimate of drug-likeness (QED) is 0.809. The van der Waals surface area contributed by atoms with Gasteiger partial charge in [0.2, 0.25) is 0 Å². The topological polar surface area (TPSA) is 29.9 Å². The average Bonchev–Trinajstić information content (AvgIpc) is 2.64. The van der Waals surface area contributed by atoms with Crippen LogP contribution in [0.15, 0.2) is 30.7 Å². The Labute approximate surface area is 89.8 Å². The number of anilines is 1. The van der Waals surface area contributed by atoms with Crippen molar-refractivity contribution in [1.82, 2.24) is 9.55 Å². The third kappa shape index (κ3) is 1.86. The number of rotatable bonds is 2. The van der Waals surface area contributed by atoms with E-state index in [1.807, 2.05) is 31.1 Å². The first kappa shape index (κ1) is 9.77. The van der Waals surface area contributed by atoms with Gasteiger partial charge in [0.25, 0.3) is 0 Å². The van der Waals surface area contributed by atoms with Gasteiger partial charge in [-0.1, -0.05) is 0 Å². The van der Waals surface area contributed by atoms with Crippen molar-refractivity contribution < 1.29 is 0 Å². The Hall–Kier alpha value is -1.77. The van der Waals surface area contributed by atoms with E-state index in [1.54, 1.807) is 0 Å². The molecule has 2 aromatic rings. The minimum absolute atomic E-state index is 1.03. The van der Waals surface area contributed by atoms with Crippen molar-refractivity contribution in [3.05, 3.63) is 42.0 Å². The molecule has 2 rings (SSSR count). The number of hydrogen-bond acceptors (Lipinski definition) is 2. The van der Waals surface area contributed by atoms with Gasteiger partial charge in [-0.25, -0.2) is 4.98 Å². The van der Waals surface area contributed by atoms with Gasteiger partial charge in [-0.05, 0) is 37.6 Å². The third-order valence-electron chi connectivity index (χ3n) is 2.48. The summed E-state index contributed by atoms with van der Waals surface area (Å²) in [7, 11) is 1.93. The van der Waals surface area contributed by atoms with Gasteiger partial charge in [-0.3, -0.25) is 0 Å². The van der Waals surface area contributed by atoms with Gasteiger partial charge >= 0.3 is 0 Å². The first-order valence-corrected chi connectivity index (χ1v) is 5.00. The van der Waals surface area contributed by atoms with E-state index < -0.39 is 0 Å². The molecule has 1 aromatic carbocycles. The van der Waals surface area contributed by atoms with Crippen LogP contribution in [-0.4, -0.2) is 16.6 Å². The number of nitrogens with zero attached hydrogens (tertiary/aromatic N) is 2. The highest BCUT2D eigenvalue weighted by molar-refractivity contribution is 5.53. The molecule has 3 heteroatoms. The predicted molar refractivity (Wildman–Crippen MR) is 62.6 cm³/mol. The summed E-state index contributed by atoms with van der Waals surface area (Å²) in [6, 6.07) is 6.30. The molecule has 0 atom stereocenters. The predicted octanol–water partition coefficient (Wildman–Crippen LogP) is 2.53. The lowest BCUT2D eigenvalue weighted by Crippen LogP contribution is -1.95. The highest BCUT2D eigenvalue weighted by atomic mass is 15.0. The molecule has 0 radical (unpaired) electrons. The van der Waals surface area contributed by atoms with Crippen LogP contribution in [0.4, 0.5) is 5.69 Å². The molecule has 0 saturated carbocycles. The SMILES string of the molecule is CNc1ccc(-n2cnc(C)c2)c(C)c1. The smallest absolute Gasteiger partial charge is 0.0995 e. The third-order valence-corrected chi connectivity index (χ3v) is 2.48. The van der Waals surface area contributed by atoms with Gasteiger partial charge in [-0.15, -0.1) is 0 Å². The highest BCUT2D eigenvalue weighted by Crippen LogP contribution is 2.18. The van der Waals surface area contributed by atoms with Crippen molar-refractivity contribution in [3.63, 3.8) is 0 Å². The lowest BCUT2D eigenvalue weighted by molar-refractivity contribution is 1.04. The zero-order valence-electron chi connectivity index (χ0n) is 9.28. The van der Waals surface area contributed by atoms with Gasteiger partial charge in [-0.2, -0.15) is 0 Å². The van der Waals surface area contributed by atoms with Crippen molar-refractivity contribution in [2.24, 2.45) is 0 Å². The van der Waals surface area contributed by atoms with Gasteiger partial charge in [0, 0.05) is 24.6 Å². The minimum Gasteiger partial charge on any atom is -0.388 e. The van der Waals surface area contributed by atoms with Crippen LogP contribution in [0.2, 0.25) is 0 Å². The Morgan fingerprint density at radius 2 is 2.07 bits per heavy atom. The number of benzene rings is 1. The first-order chi connectivity index (χ1) is 7.20. The van der Waals surface area contributed by atoms with E-state index >= 15 is 0 Å².